The number of hydrogen-bond donors (Lipinski definition) is 1. The minimum atomic E-state index is -0.443. The van der Waals surface area contributed by atoms with Crippen LogP contribution in [0.2, 0.25) is 5.15 Å². The molecule has 1 unspecified atom stereocenters. The normalized spacial score (nSPS) is 19.2. The molecular weight excluding hydrogens is 244 g/mol. The van der Waals surface area contributed by atoms with Crippen LogP contribution in [-0.2, 0) is 4.74 Å². The minimum Gasteiger partial charge on any atom is -0.381 e. The van der Waals surface area contributed by atoms with E-state index in [9.17, 15) is 9.59 Å². The summed E-state index contributed by atoms with van der Waals surface area (Å²) >= 11 is 5.62. The first-order valence-corrected chi connectivity index (χ1v) is 6.06. The number of nitrogens with one attached hydrogen (secondary N) is 1. The van der Waals surface area contributed by atoms with Crippen LogP contribution in [0.3, 0.4) is 0 Å². The fourth-order valence-electron chi connectivity index (χ4n) is 2.27. The summed E-state index contributed by atoms with van der Waals surface area (Å²) in [7, 11) is 0. The molecule has 94 valence electrons. The van der Waals surface area contributed by atoms with Crippen LogP contribution in [0, 0.1) is 5.92 Å². The quantitative estimate of drug-likeness (QED) is 0.810. The molecule has 1 aromatic heterocycles. The highest BCUT2D eigenvalue weighted by molar-refractivity contribution is 6.29. The number of rotatable bonds is 2. The van der Waals surface area contributed by atoms with Gasteiger partial charge in [0.25, 0.3) is 5.56 Å². The fourth-order valence-corrected chi connectivity index (χ4v) is 2.45. The van der Waals surface area contributed by atoms with E-state index in [-0.39, 0.29) is 16.8 Å². The Morgan fingerprint density at radius 3 is 2.71 bits per heavy atom. The number of ether oxygens (including phenoxy) is 1. The van der Waals surface area contributed by atoms with Crippen LogP contribution in [0.4, 0.5) is 0 Å². The second-order valence-electron chi connectivity index (χ2n) is 4.32. The van der Waals surface area contributed by atoms with Crippen molar-refractivity contribution in [2.75, 3.05) is 13.2 Å². The van der Waals surface area contributed by atoms with E-state index in [1.807, 2.05) is 6.92 Å². The molecule has 1 N–H and O–H groups in total. The zero-order chi connectivity index (χ0) is 12.4. The largest absolute Gasteiger partial charge is 0.381 e. The van der Waals surface area contributed by atoms with Gasteiger partial charge in [-0.1, -0.05) is 11.6 Å². The number of H-pyrrole nitrogens is 1. The Morgan fingerprint density at radius 1 is 1.47 bits per heavy atom. The molecule has 0 aromatic carbocycles. The van der Waals surface area contributed by atoms with Crippen molar-refractivity contribution in [3.8, 4) is 0 Å². The van der Waals surface area contributed by atoms with Gasteiger partial charge >= 0.3 is 5.69 Å². The first-order valence-electron chi connectivity index (χ1n) is 5.68. The van der Waals surface area contributed by atoms with E-state index in [0.717, 1.165) is 12.8 Å². The highest BCUT2D eigenvalue weighted by Crippen LogP contribution is 2.25. The van der Waals surface area contributed by atoms with Crippen LogP contribution in [0.5, 0.6) is 0 Å². The molecule has 5 nitrogen and oxygen atoms in total. The van der Waals surface area contributed by atoms with Gasteiger partial charge in [0.15, 0.2) is 0 Å². The number of nitrogens with zero attached hydrogens (tertiary/aromatic N) is 1. The molecule has 6 heteroatoms. The lowest BCUT2D eigenvalue weighted by Gasteiger charge is -2.28. The SMILES string of the molecule is CC(C1CCOCC1)n1c(=O)cc(Cl)[nH]c1=O. The lowest BCUT2D eigenvalue weighted by molar-refractivity contribution is 0.0502. The van der Waals surface area contributed by atoms with Crippen molar-refractivity contribution in [3.63, 3.8) is 0 Å². The van der Waals surface area contributed by atoms with Gasteiger partial charge in [-0.05, 0) is 25.7 Å². The number of halogens is 1. The maximum Gasteiger partial charge on any atom is 0.329 e. The van der Waals surface area contributed by atoms with Gasteiger partial charge in [0.05, 0.1) is 0 Å². The summed E-state index contributed by atoms with van der Waals surface area (Å²) in [5, 5.41) is 0.0791. The van der Waals surface area contributed by atoms with Gasteiger partial charge in [0.1, 0.15) is 5.15 Å². The molecule has 1 atom stereocenters. The standard InChI is InChI=1S/C11H15ClN2O3/c1-7(8-2-4-17-5-3-8)14-10(15)6-9(12)13-11(14)16/h6-8H,2-5H2,1H3,(H,13,16). The van der Waals surface area contributed by atoms with Crippen LogP contribution in [0.25, 0.3) is 0 Å². The Labute approximate surface area is 103 Å². The molecule has 0 amide bonds. The molecule has 2 heterocycles. The number of hydrogen-bond acceptors (Lipinski definition) is 3. The molecule has 1 fully saturated rings. The van der Waals surface area contributed by atoms with Crippen LogP contribution in [0.15, 0.2) is 15.7 Å². The summed E-state index contributed by atoms with van der Waals surface area (Å²) in [5.41, 5.74) is -0.792. The number of aromatic nitrogens is 2. The second kappa shape index (κ2) is 5.06. The lowest BCUT2D eigenvalue weighted by atomic mass is 9.93. The summed E-state index contributed by atoms with van der Waals surface area (Å²) in [5.74, 6) is 0.295. The third-order valence-electron chi connectivity index (χ3n) is 3.29. The average Bonchev–Trinajstić information content (AvgIpc) is 2.28. The smallest absolute Gasteiger partial charge is 0.329 e. The Bertz CT molecular complexity index is 471. The van der Waals surface area contributed by atoms with Gasteiger partial charge in [0, 0.05) is 25.3 Å². The van der Waals surface area contributed by atoms with Gasteiger partial charge in [0.2, 0.25) is 0 Å². The molecule has 0 spiro atoms. The molecule has 1 saturated heterocycles. The molecule has 1 aromatic rings. The summed E-state index contributed by atoms with van der Waals surface area (Å²) in [4.78, 5) is 26.0. The van der Waals surface area contributed by atoms with E-state index in [1.54, 1.807) is 0 Å². The Morgan fingerprint density at radius 2 is 2.12 bits per heavy atom. The maximum atomic E-state index is 11.8. The molecule has 1 aliphatic heterocycles. The first-order chi connectivity index (χ1) is 8.09. The summed E-state index contributed by atoms with van der Waals surface area (Å²) < 4.78 is 6.51. The Hall–Kier alpha value is -1.07. The first kappa shape index (κ1) is 12.4. The minimum absolute atomic E-state index is 0.0791. The predicted molar refractivity (Wildman–Crippen MR) is 64.6 cm³/mol. The van der Waals surface area contributed by atoms with Gasteiger partial charge in [-0.25, -0.2) is 4.79 Å². The molecule has 0 aliphatic carbocycles. The van der Waals surface area contributed by atoms with Crippen molar-refractivity contribution in [3.05, 3.63) is 32.1 Å². The average molecular weight is 259 g/mol. The predicted octanol–water partition coefficient (Wildman–Crippen LogP) is 1.18. The molecule has 1 aliphatic rings. The van der Waals surface area contributed by atoms with E-state index in [4.69, 9.17) is 16.3 Å². The van der Waals surface area contributed by atoms with Gasteiger partial charge in [-0.3, -0.25) is 14.3 Å². The second-order valence-corrected chi connectivity index (χ2v) is 4.73. The van der Waals surface area contributed by atoms with Crippen molar-refractivity contribution in [2.45, 2.75) is 25.8 Å². The highest BCUT2D eigenvalue weighted by Gasteiger charge is 2.24. The maximum absolute atomic E-state index is 11.8. The molecule has 0 bridgehead atoms. The lowest BCUT2D eigenvalue weighted by Crippen LogP contribution is -2.40. The summed E-state index contributed by atoms with van der Waals surface area (Å²) in [6.07, 6.45) is 1.74. The molecule has 0 radical (unpaired) electrons. The Kier molecular flexibility index (Phi) is 3.69. The molecule has 2 rings (SSSR count). The zero-order valence-corrected chi connectivity index (χ0v) is 10.4. The number of aromatic amines is 1. The van der Waals surface area contributed by atoms with E-state index in [0.29, 0.717) is 19.1 Å². The molecule has 17 heavy (non-hydrogen) atoms. The fraction of sp³-hybridized carbons (Fsp3) is 0.636. The Balaban J connectivity index is 2.33. The zero-order valence-electron chi connectivity index (χ0n) is 9.61. The third kappa shape index (κ3) is 2.61. The van der Waals surface area contributed by atoms with Crippen LogP contribution >= 0.6 is 11.6 Å². The van der Waals surface area contributed by atoms with Crippen LogP contribution in [-0.4, -0.2) is 22.8 Å². The van der Waals surface area contributed by atoms with E-state index < -0.39 is 5.69 Å². The molecular formula is C11H15ClN2O3. The van der Waals surface area contributed by atoms with Crippen molar-refractivity contribution >= 4 is 11.6 Å². The summed E-state index contributed by atoms with van der Waals surface area (Å²) in [6.45, 7) is 3.27. The highest BCUT2D eigenvalue weighted by atomic mass is 35.5. The van der Waals surface area contributed by atoms with Crippen LogP contribution < -0.4 is 11.2 Å². The van der Waals surface area contributed by atoms with Crippen molar-refractivity contribution in [1.82, 2.24) is 9.55 Å². The van der Waals surface area contributed by atoms with Crippen LogP contribution in [0.1, 0.15) is 25.8 Å². The van der Waals surface area contributed by atoms with Gasteiger partial charge < -0.3 is 4.74 Å². The third-order valence-corrected chi connectivity index (χ3v) is 3.49. The van der Waals surface area contributed by atoms with E-state index >= 15 is 0 Å². The van der Waals surface area contributed by atoms with E-state index in [1.165, 1.54) is 10.6 Å². The topological polar surface area (TPSA) is 64.1 Å². The summed E-state index contributed by atoms with van der Waals surface area (Å²) in [6, 6.07) is 1.10. The van der Waals surface area contributed by atoms with Crippen molar-refractivity contribution in [2.24, 2.45) is 5.92 Å². The van der Waals surface area contributed by atoms with E-state index in [2.05, 4.69) is 4.98 Å². The molecule has 0 saturated carbocycles. The van der Waals surface area contributed by atoms with Crippen molar-refractivity contribution < 1.29 is 4.74 Å². The van der Waals surface area contributed by atoms with Gasteiger partial charge in [-0.15, -0.1) is 0 Å². The monoisotopic (exact) mass is 258 g/mol. The van der Waals surface area contributed by atoms with Gasteiger partial charge in [-0.2, -0.15) is 0 Å². The van der Waals surface area contributed by atoms with Crippen molar-refractivity contribution in [1.29, 1.82) is 0 Å².